The molecule has 0 spiro atoms. The number of benzene rings is 1. The number of rotatable bonds is 11. The molecule has 0 radical (unpaired) electrons. The van der Waals surface area contributed by atoms with Gasteiger partial charge in [-0.2, -0.15) is 0 Å². The van der Waals surface area contributed by atoms with Crippen LogP contribution >= 0.6 is 0 Å². The van der Waals surface area contributed by atoms with Crippen LogP contribution in [0.2, 0.25) is 0 Å². The van der Waals surface area contributed by atoms with Crippen molar-refractivity contribution in [2.24, 2.45) is 5.73 Å². The summed E-state index contributed by atoms with van der Waals surface area (Å²) in [6, 6.07) is 5.24. The minimum Gasteiger partial charge on any atom is -0.481 e. The summed E-state index contributed by atoms with van der Waals surface area (Å²) in [6.07, 6.45) is 0.835. The van der Waals surface area contributed by atoms with E-state index in [4.69, 9.17) is 15.6 Å². The zero-order chi connectivity index (χ0) is 22.6. The molecule has 1 unspecified atom stereocenters. The SMILES string of the molecule is CCC(n1c(C)c(C(=O)C(N)=O)c2c(OCC(=O)O)cccc21)[N+](CC)(CC)CC. The molecule has 1 aromatic heterocycles. The number of aromatic nitrogens is 1. The van der Waals surface area contributed by atoms with Crippen molar-refractivity contribution in [3.63, 3.8) is 0 Å². The third-order valence-electron chi connectivity index (χ3n) is 6.22. The molecule has 0 bridgehead atoms. The van der Waals surface area contributed by atoms with Crippen LogP contribution in [0.25, 0.3) is 10.9 Å². The van der Waals surface area contributed by atoms with Gasteiger partial charge in [-0.15, -0.1) is 0 Å². The average molecular weight is 419 g/mol. The van der Waals surface area contributed by atoms with E-state index in [0.29, 0.717) is 11.1 Å². The Kier molecular flexibility index (Phi) is 7.25. The number of nitrogens with zero attached hydrogens (tertiary/aromatic N) is 2. The number of carbonyl (C=O) groups excluding carboxylic acids is 2. The highest BCUT2D eigenvalue weighted by Gasteiger charge is 2.37. The lowest BCUT2D eigenvalue weighted by atomic mass is 10.1. The van der Waals surface area contributed by atoms with Crippen molar-refractivity contribution in [1.29, 1.82) is 0 Å². The molecular weight excluding hydrogens is 386 g/mol. The van der Waals surface area contributed by atoms with E-state index in [9.17, 15) is 14.4 Å². The zero-order valence-corrected chi connectivity index (χ0v) is 18.4. The molecule has 0 saturated carbocycles. The molecule has 0 fully saturated rings. The standard InChI is InChI=1S/C22H31N3O5/c1-6-17(25(7-2,8-3)9-4)24-14(5)19(21(28)22(23)29)20-15(24)11-10-12-16(20)30-13-18(26)27/h10-12,17H,6-9,13H2,1-5H3,(H2-,23,26,27,29)/p+1. The molecule has 1 atom stereocenters. The van der Waals surface area contributed by atoms with Crippen molar-refractivity contribution in [2.75, 3.05) is 26.2 Å². The van der Waals surface area contributed by atoms with E-state index < -0.39 is 24.3 Å². The van der Waals surface area contributed by atoms with Gasteiger partial charge in [-0.25, -0.2) is 4.79 Å². The number of Topliss-reactive ketones (excluding diaryl/α,β-unsaturated/α-hetero) is 1. The second-order valence-electron chi connectivity index (χ2n) is 7.41. The van der Waals surface area contributed by atoms with E-state index >= 15 is 0 Å². The zero-order valence-electron chi connectivity index (χ0n) is 18.4. The molecule has 0 aliphatic heterocycles. The van der Waals surface area contributed by atoms with Gasteiger partial charge in [0, 0.05) is 12.1 Å². The monoisotopic (exact) mass is 418 g/mol. The first-order chi connectivity index (χ1) is 14.2. The van der Waals surface area contributed by atoms with Gasteiger partial charge < -0.3 is 20.1 Å². The van der Waals surface area contributed by atoms with Crippen molar-refractivity contribution in [3.8, 4) is 5.75 Å². The number of carboxylic acid groups (broad SMARTS) is 1. The first-order valence-electron chi connectivity index (χ1n) is 10.4. The number of carbonyl (C=O) groups is 3. The van der Waals surface area contributed by atoms with E-state index in [1.165, 1.54) is 0 Å². The Labute approximate surface area is 176 Å². The fourth-order valence-corrected chi connectivity index (χ4v) is 4.62. The van der Waals surface area contributed by atoms with Gasteiger partial charge in [-0.05, 0) is 39.8 Å². The van der Waals surface area contributed by atoms with Crippen LogP contribution in [0, 0.1) is 6.92 Å². The van der Waals surface area contributed by atoms with E-state index in [0.717, 1.165) is 36.1 Å². The second kappa shape index (κ2) is 9.30. The van der Waals surface area contributed by atoms with Crippen molar-refractivity contribution >= 4 is 28.6 Å². The molecule has 30 heavy (non-hydrogen) atoms. The molecule has 164 valence electrons. The third kappa shape index (κ3) is 3.92. The molecule has 8 heteroatoms. The molecule has 2 rings (SSSR count). The first kappa shape index (κ1) is 23.4. The van der Waals surface area contributed by atoms with Gasteiger partial charge in [0.2, 0.25) is 0 Å². The summed E-state index contributed by atoms with van der Waals surface area (Å²) >= 11 is 0. The number of primary amides is 1. The van der Waals surface area contributed by atoms with Gasteiger partial charge in [-0.1, -0.05) is 13.0 Å². The highest BCUT2D eigenvalue weighted by Crippen LogP contribution is 2.39. The number of hydrogen-bond acceptors (Lipinski definition) is 4. The van der Waals surface area contributed by atoms with Crippen LogP contribution in [0.15, 0.2) is 18.2 Å². The number of quaternary nitrogens is 1. The fourth-order valence-electron chi connectivity index (χ4n) is 4.62. The number of carboxylic acids is 1. The van der Waals surface area contributed by atoms with E-state index in [-0.39, 0.29) is 17.5 Å². The normalized spacial score (nSPS) is 12.7. The lowest BCUT2D eigenvalue weighted by molar-refractivity contribution is -0.961. The van der Waals surface area contributed by atoms with Gasteiger partial charge in [-0.3, -0.25) is 14.2 Å². The van der Waals surface area contributed by atoms with Gasteiger partial charge >= 0.3 is 5.97 Å². The van der Waals surface area contributed by atoms with Crippen molar-refractivity contribution in [3.05, 3.63) is 29.5 Å². The molecule has 8 nitrogen and oxygen atoms in total. The van der Waals surface area contributed by atoms with Crippen LogP contribution in [-0.4, -0.2) is 58.1 Å². The Morgan fingerprint density at radius 1 is 1.13 bits per heavy atom. The van der Waals surface area contributed by atoms with Gasteiger partial charge in [0.25, 0.3) is 11.7 Å². The highest BCUT2D eigenvalue weighted by molar-refractivity contribution is 6.45. The second-order valence-corrected chi connectivity index (χ2v) is 7.41. The van der Waals surface area contributed by atoms with Gasteiger partial charge in [0.15, 0.2) is 12.8 Å². The number of hydrogen-bond donors (Lipinski definition) is 2. The van der Waals surface area contributed by atoms with Crippen LogP contribution in [0.4, 0.5) is 0 Å². The average Bonchev–Trinajstić information content (AvgIpc) is 3.02. The first-order valence-corrected chi connectivity index (χ1v) is 10.4. The Morgan fingerprint density at radius 3 is 2.20 bits per heavy atom. The van der Waals surface area contributed by atoms with Crippen molar-refractivity contribution < 1.29 is 28.7 Å². The lowest BCUT2D eigenvalue weighted by Crippen LogP contribution is -2.52. The molecule has 0 saturated heterocycles. The summed E-state index contributed by atoms with van der Waals surface area (Å²) in [5.41, 5.74) is 6.88. The summed E-state index contributed by atoms with van der Waals surface area (Å²) in [5.74, 6) is -2.74. The summed E-state index contributed by atoms with van der Waals surface area (Å²) < 4.78 is 8.37. The number of ketones is 1. The molecular formula is C22H32N3O5+. The molecule has 1 heterocycles. The van der Waals surface area contributed by atoms with Gasteiger partial charge in [0.1, 0.15) is 5.75 Å². The maximum absolute atomic E-state index is 12.8. The molecule has 1 aromatic carbocycles. The number of aliphatic carboxylic acids is 1. The smallest absolute Gasteiger partial charge is 0.341 e. The fraction of sp³-hybridized carbons (Fsp3) is 0.500. The minimum absolute atomic E-state index is 0.0247. The highest BCUT2D eigenvalue weighted by atomic mass is 16.5. The Balaban J connectivity index is 2.91. The maximum Gasteiger partial charge on any atom is 0.341 e. The van der Waals surface area contributed by atoms with Crippen LogP contribution in [0.5, 0.6) is 5.75 Å². The summed E-state index contributed by atoms with van der Waals surface area (Å²) in [4.78, 5) is 35.6. The predicted molar refractivity (Wildman–Crippen MR) is 115 cm³/mol. The van der Waals surface area contributed by atoms with Crippen LogP contribution < -0.4 is 10.5 Å². The number of ether oxygens (including phenoxy) is 1. The Morgan fingerprint density at radius 2 is 1.73 bits per heavy atom. The van der Waals surface area contributed by atoms with Crippen LogP contribution in [-0.2, 0) is 9.59 Å². The predicted octanol–water partition coefficient (Wildman–Crippen LogP) is 2.87. The molecule has 3 N–H and O–H groups in total. The quantitative estimate of drug-likeness (QED) is 0.331. The Hall–Kier alpha value is -2.87. The van der Waals surface area contributed by atoms with Crippen molar-refractivity contribution in [1.82, 2.24) is 4.57 Å². The largest absolute Gasteiger partial charge is 0.481 e. The molecule has 2 aromatic rings. The van der Waals surface area contributed by atoms with E-state index in [1.807, 2.05) is 6.07 Å². The van der Waals surface area contributed by atoms with E-state index in [2.05, 4.69) is 32.3 Å². The number of fused-ring (bicyclic) bond motifs is 1. The third-order valence-corrected chi connectivity index (χ3v) is 6.22. The number of amides is 1. The summed E-state index contributed by atoms with van der Waals surface area (Å²) in [6.45, 7) is 12.5. The molecule has 0 aliphatic carbocycles. The molecule has 1 amide bonds. The topological polar surface area (TPSA) is 112 Å². The summed E-state index contributed by atoms with van der Waals surface area (Å²) in [5, 5.41) is 9.46. The lowest BCUT2D eigenvalue weighted by Gasteiger charge is -2.44. The van der Waals surface area contributed by atoms with Crippen LogP contribution in [0.3, 0.4) is 0 Å². The minimum atomic E-state index is -1.13. The van der Waals surface area contributed by atoms with Gasteiger partial charge in [0.05, 0.1) is 36.1 Å². The van der Waals surface area contributed by atoms with Crippen molar-refractivity contribution in [2.45, 2.75) is 47.2 Å². The molecule has 0 aliphatic rings. The van der Waals surface area contributed by atoms with E-state index in [1.54, 1.807) is 19.1 Å². The number of nitrogens with two attached hydrogens (primary N) is 1. The summed E-state index contributed by atoms with van der Waals surface area (Å²) in [7, 11) is 0. The Bertz CT molecular complexity index is 951. The maximum atomic E-state index is 12.8. The van der Waals surface area contributed by atoms with Crippen LogP contribution in [0.1, 0.15) is 56.3 Å².